The summed E-state index contributed by atoms with van der Waals surface area (Å²) in [5.74, 6) is 0. The average molecular weight is 1650 g/mol. The number of fused-ring (bicyclic) bond motifs is 25. The molecule has 0 saturated heterocycles. The van der Waals surface area contributed by atoms with Crippen molar-refractivity contribution < 1.29 is 0 Å². The molecule has 0 aliphatic rings. The van der Waals surface area contributed by atoms with Crippen LogP contribution in [0.1, 0.15) is 0 Å². The molecule has 0 spiro atoms. The van der Waals surface area contributed by atoms with Gasteiger partial charge in [0.15, 0.2) is 0 Å². The molecule has 6 heteroatoms. The van der Waals surface area contributed by atoms with Gasteiger partial charge in [0, 0.05) is 98.8 Å². The zero-order valence-corrected chi connectivity index (χ0v) is 70.9. The number of aromatic nitrogens is 6. The fourth-order valence-electron chi connectivity index (χ4n) is 21.2. The Morgan fingerprint density at radius 2 is 0.285 bits per heavy atom. The summed E-state index contributed by atoms with van der Waals surface area (Å²) in [6, 6.07) is 176. The Balaban J connectivity index is 0.000000104. The van der Waals surface area contributed by atoms with Crippen LogP contribution in [0, 0.1) is 0 Å². The minimum atomic E-state index is 1.17. The number of rotatable bonds is 9. The Bertz CT molecular complexity index is 9240. The maximum Gasteiger partial charge on any atom is 0.0541 e. The van der Waals surface area contributed by atoms with E-state index in [0.29, 0.717) is 0 Å². The van der Waals surface area contributed by atoms with Crippen LogP contribution >= 0.6 is 0 Å². The third-order valence-corrected chi connectivity index (χ3v) is 27.1. The molecule has 28 aromatic rings. The van der Waals surface area contributed by atoms with Crippen LogP contribution in [0.4, 0.5) is 0 Å². The van der Waals surface area contributed by atoms with Crippen molar-refractivity contribution in [2.75, 3.05) is 0 Å². The predicted molar refractivity (Wildman–Crippen MR) is 552 cm³/mol. The molecule has 0 bridgehead atoms. The lowest BCUT2D eigenvalue weighted by atomic mass is 9.94. The van der Waals surface area contributed by atoms with E-state index >= 15 is 0 Å². The summed E-state index contributed by atoms with van der Waals surface area (Å²) < 4.78 is 14.3. The molecule has 0 unspecified atom stereocenters. The second kappa shape index (κ2) is 30.2. The molecule has 0 amide bonds. The van der Waals surface area contributed by atoms with Gasteiger partial charge in [-0.2, -0.15) is 0 Å². The summed E-state index contributed by atoms with van der Waals surface area (Å²) >= 11 is 0. The molecule has 6 aromatic heterocycles. The molecule has 0 N–H and O–H groups in total. The highest BCUT2D eigenvalue weighted by Gasteiger charge is 2.23. The summed E-state index contributed by atoms with van der Waals surface area (Å²) in [6.07, 6.45) is 0. The second-order valence-corrected chi connectivity index (χ2v) is 34.2. The quantitative estimate of drug-likeness (QED) is 0.129. The van der Waals surface area contributed by atoms with E-state index in [1.54, 1.807) is 0 Å². The van der Waals surface area contributed by atoms with Gasteiger partial charge < -0.3 is 27.4 Å². The van der Waals surface area contributed by atoms with Gasteiger partial charge in [-0.25, -0.2) is 0 Å². The van der Waals surface area contributed by atoms with Gasteiger partial charge in [-0.05, 0) is 258 Å². The van der Waals surface area contributed by atoms with E-state index in [0.717, 1.165) is 0 Å². The molecular formula is C124H80N6. The number of para-hydroxylation sites is 10. The van der Waals surface area contributed by atoms with Crippen molar-refractivity contribution in [2.24, 2.45) is 0 Å². The van der Waals surface area contributed by atoms with Gasteiger partial charge in [0.1, 0.15) is 0 Å². The molecule has 0 radical (unpaired) electrons. The van der Waals surface area contributed by atoms with Crippen molar-refractivity contribution in [3.8, 4) is 67.5 Å². The van der Waals surface area contributed by atoms with Crippen molar-refractivity contribution in [2.45, 2.75) is 0 Å². The topological polar surface area (TPSA) is 29.6 Å². The third-order valence-electron chi connectivity index (χ3n) is 27.1. The zero-order chi connectivity index (χ0) is 85.4. The first-order valence-electron chi connectivity index (χ1n) is 44.8. The standard InChI is InChI=1S/C48H30N2.C40H26N2.C36H24N2/c1-2-12-33(13-3-1)49-45-20-10-8-18-40(45)43-28-31(22-26-47(43)49)32-23-27-48-44(29-32)41-19-9-11-21-46(41)50(48)34-24-25-39-37-16-5-4-14-35(37)36-15-6-7-17-38(36)42(39)30-34;1-2-12-31(13-3-1)41-37-16-8-6-14-33(37)35-25-29(19-22-39(35)41)30-20-23-40-36(26-30)34-15-7-9-17-38(34)42(40)32-21-18-27-10-4-5-11-28(27)24-32;1-3-11-27(12-4-1)37-33-17-9-7-15-29(33)31-23-25(19-21-35(31)37)26-20-22-36-32(24-26)30-16-8-10-18-34(30)38(36)28-13-5-2-6-14-28/h1-30H;1-26H;1-24H. The lowest BCUT2D eigenvalue weighted by Crippen LogP contribution is -1.94. The molecule has 22 aromatic carbocycles. The van der Waals surface area contributed by atoms with E-state index in [4.69, 9.17) is 0 Å². The molecule has 0 aliphatic heterocycles. The fraction of sp³-hybridized carbons (Fsp3) is 0. The van der Waals surface area contributed by atoms with E-state index in [-0.39, 0.29) is 0 Å². The summed E-state index contributed by atoms with van der Waals surface area (Å²) in [7, 11) is 0. The number of hydrogen-bond donors (Lipinski definition) is 0. The zero-order valence-electron chi connectivity index (χ0n) is 70.9. The van der Waals surface area contributed by atoms with Crippen LogP contribution in [-0.4, -0.2) is 27.4 Å². The Hall–Kier alpha value is -17.3. The molecule has 6 nitrogen and oxygen atoms in total. The molecule has 0 aliphatic carbocycles. The smallest absolute Gasteiger partial charge is 0.0541 e. The minimum Gasteiger partial charge on any atom is -0.309 e. The molecule has 0 saturated carbocycles. The van der Waals surface area contributed by atoms with Crippen molar-refractivity contribution in [1.82, 2.24) is 27.4 Å². The van der Waals surface area contributed by atoms with Gasteiger partial charge in [0.2, 0.25) is 0 Å². The maximum atomic E-state index is 2.44. The Kier molecular flexibility index (Phi) is 17.2. The van der Waals surface area contributed by atoms with Crippen molar-refractivity contribution in [3.63, 3.8) is 0 Å². The van der Waals surface area contributed by atoms with Gasteiger partial charge >= 0.3 is 0 Å². The SMILES string of the molecule is c1ccc(-n2c3ccccc3c3cc(-c4ccc5c(c4)c4ccccc4n5-c4ccc5c6ccccc6c6ccccc6c5c4)ccc32)cc1.c1ccc(-n2c3ccccc3c3cc(-c4ccc5c(c4)c4ccccc4n5-c4ccc5ccccc5c4)ccc32)cc1.c1ccc(-n2c3ccccc3c3cc(-c4ccc5c(c4)c4ccccc4n5-c4ccccc4)ccc32)cc1. The van der Waals surface area contributed by atoms with Crippen molar-refractivity contribution >= 4 is 174 Å². The Labute approximate surface area is 748 Å². The van der Waals surface area contributed by atoms with Crippen molar-refractivity contribution in [3.05, 3.63) is 485 Å². The normalized spacial score (nSPS) is 11.8. The summed E-state index contributed by atoms with van der Waals surface area (Å²) in [5.41, 5.74) is 29.1. The summed E-state index contributed by atoms with van der Waals surface area (Å²) in [4.78, 5) is 0. The average Bonchev–Trinajstić information content (AvgIpc) is 1.37. The van der Waals surface area contributed by atoms with Crippen LogP contribution < -0.4 is 0 Å². The van der Waals surface area contributed by atoms with Gasteiger partial charge in [0.05, 0.1) is 66.2 Å². The predicted octanol–water partition coefficient (Wildman–Crippen LogP) is 33.3. The highest BCUT2D eigenvalue weighted by molar-refractivity contribution is 6.26. The van der Waals surface area contributed by atoms with Gasteiger partial charge in [-0.1, -0.05) is 303 Å². The van der Waals surface area contributed by atoms with Crippen LogP contribution in [0.2, 0.25) is 0 Å². The highest BCUT2D eigenvalue weighted by Crippen LogP contribution is 2.46. The van der Waals surface area contributed by atoms with Crippen molar-refractivity contribution in [1.29, 1.82) is 0 Å². The lowest BCUT2D eigenvalue weighted by Gasteiger charge is -2.14. The van der Waals surface area contributed by atoms with E-state index in [2.05, 4.69) is 513 Å². The highest BCUT2D eigenvalue weighted by atomic mass is 15.0. The van der Waals surface area contributed by atoms with E-state index in [1.807, 2.05) is 0 Å². The largest absolute Gasteiger partial charge is 0.309 e. The van der Waals surface area contributed by atoms with Crippen LogP contribution in [0.25, 0.3) is 241 Å². The number of nitrogens with zero attached hydrogens (tertiary/aromatic N) is 6. The first kappa shape index (κ1) is 74.1. The Morgan fingerprint density at radius 3 is 0.562 bits per heavy atom. The molecule has 606 valence electrons. The lowest BCUT2D eigenvalue weighted by molar-refractivity contribution is 1.18. The minimum absolute atomic E-state index is 1.17. The van der Waals surface area contributed by atoms with Gasteiger partial charge in [0.25, 0.3) is 0 Å². The summed E-state index contributed by atoms with van der Waals surface area (Å²) in [6.45, 7) is 0. The molecule has 130 heavy (non-hydrogen) atoms. The number of hydrogen-bond acceptors (Lipinski definition) is 0. The van der Waals surface area contributed by atoms with Crippen LogP contribution in [-0.2, 0) is 0 Å². The fourth-order valence-corrected chi connectivity index (χ4v) is 21.2. The molecule has 0 atom stereocenters. The summed E-state index contributed by atoms with van der Waals surface area (Å²) in [5, 5.41) is 25.5. The first-order chi connectivity index (χ1) is 64.5. The molecular weight excluding hydrogens is 1570 g/mol. The van der Waals surface area contributed by atoms with E-state index in [9.17, 15) is 0 Å². The first-order valence-corrected chi connectivity index (χ1v) is 44.8. The molecule has 0 fully saturated rings. The maximum absolute atomic E-state index is 2.44. The number of benzene rings is 22. The molecule has 6 heterocycles. The Morgan fingerprint density at radius 1 is 0.0923 bits per heavy atom. The van der Waals surface area contributed by atoms with E-state index in [1.165, 1.54) is 241 Å². The van der Waals surface area contributed by atoms with Gasteiger partial charge in [-0.3, -0.25) is 0 Å². The van der Waals surface area contributed by atoms with Gasteiger partial charge in [-0.15, -0.1) is 0 Å². The molecule has 28 rings (SSSR count). The van der Waals surface area contributed by atoms with Crippen LogP contribution in [0.3, 0.4) is 0 Å². The second-order valence-electron chi connectivity index (χ2n) is 34.2. The monoisotopic (exact) mass is 1650 g/mol. The van der Waals surface area contributed by atoms with Crippen LogP contribution in [0.5, 0.6) is 0 Å². The third kappa shape index (κ3) is 12.0. The van der Waals surface area contributed by atoms with E-state index < -0.39 is 0 Å². The van der Waals surface area contributed by atoms with Crippen LogP contribution in [0.15, 0.2) is 485 Å².